The van der Waals surface area contributed by atoms with Gasteiger partial charge in [-0.2, -0.15) is 13.5 Å². The second kappa shape index (κ2) is 9.54. The Kier molecular flexibility index (Phi) is 6.70. The van der Waals surface area contributed by atoms with E-state index in [1.165, 1.54) is 12.3 Å². The van der Waals surface area contributed by atoms with Crippen molar-refractivity contribution >= 4 is 21.9 Å². The number of nitrogens with zero attached hydrogens (tertiary/aromatic N) is 4. The van der Waals surface area contributed by atoms with Crippen molar-refractivity contribution < 1.29 is 26.9 Å². The van der Waals surface area contributed by atoms with Crippen molar-refractivity contribution in [2.45, 2.75) is 31.3 Å². The Morgan fingerprint density at radius 2 is 2.09 bits per heavy atom. The summed E-state index contributed by atoms with van der Waals surface area (Å²) in [7, 11) is -4.23. The zero-order valence-electron chi connectivity index (χ0n) is 17.9. The lowest BCUT2D eigenvalue weighted by molar-refractivity contribution is 0.00215. The first-order valence-electron chi connectivity index (χ1n) is 10.4. The molecular weight excluding hydrogens is 467 g/mol. The molecule has 0 radical (unpaired) electrons. The first-order chi connectivity index (χ1) is 16.1. The molecule has 0 amide bonds. The summed E-state index contributed by atoms with van der Waals surface area (Å²) in [5.41, 5.74) is 1.10. The van der Waals surface area contributed by atoms with Crippen LogP contribution in [0.5, 0.6) is 0 Å². The van der Waals surface area contributed by atoms with Gasteiger partial charge in [0, 0.05) is 24.7 Å². The molecule has 1 saturated carbocycles. The molecule has 0 saturated heterocycles. The van der Waals surface area contributed by atoms with Crippen molar-refractivity contribution in [3.63, 3.8) is 0 Å². The van der Waals surface area contributed by atoms with Gasteiger partial charge in [-0.15, -0.1) is 0 Å². The highest BCUT2D eigenvalue weighted by Gasteiger charge is 2.49. The molecule has 2 heterocycles. The standard InChI is InChI=1S/C21H23FN6O5S/c22-21(8-6-15(19(21)30)12-33-34(23,31)32)26-20-16(10-24-13-25-20)18(29)17-7-9-28(27-17)11-14-4-2-1-3-5-14/h1-5,7,9-10,13,15,19,30H,6,8,11-12H2,(H2,23,31,32)(H,24,25,26). The number of carbonyl (C=O) groups excluding carboxylic acids is 1. The summed E-state index contributed by atoms with van der Waals surface area (Å²) < 4.78 is 43.7. The van der Waals surface area contributed by atoms with E-state index in [2.05, 4.69) is 24.6 Å². The lowest BCUT2D eigenvalue weighted by Gasteiger charge is -2.28. The number of anilines is 1. The third-order valence-electron chi connectivity index (χ3n) is 5.58. The fourth-order valence-corrected chi connectivity index (χ4v) is 4.20. The van der Waals surface area contributed by atoms with Crippen LogP contribution in [0, 0.1) is 5.92 Å². The zero-order valence-corrected chi connectivity index (χ0v) is 18.7. The van der Waals surface area contributed by atoms with Crippen LogP contribution in [0.3, 0.4) is 0 Å². The monoisotopic (exact) mass is 490 g/mol. The van der Waals surface area contributed by atoms with Gasteiger partial charge in [-0.1, -0.05) is 30.3 Å². The predicted molar refractivity (Wildman–Crippen MR) is 118 cm³/mol. The normalized spacial score (nSPS) is 22.6. The van der Waals surface area contributed by atoms with E-state index in [1.54, 1.807) is 10.9 Å². The van der Waals surface area contributed by atoms with Crippen LogP contribution < -0.4 is 10.5 Å². The number of carbonyl (C=O) groups is 1. The molecule has 2 aromatic heterocycles. The molecule has 13 heteroatoms. The minimum absolute atomic E-state index is 0.0269. The molecule has 3 aromatic rings. The van der Waals surface area contributed by atoms with E-state index in [-0.39, 0.29) is 29.9 Å². The number of aliphatic hydroxyl groups is 1. The smallest absolute Gasteiger partial charge is 0.333 e. The minimum atomic E-state index is -4.23. The molecule has 3 unspecified atom stereocenters. The second-order valence-corrected chi connectivity index (χ2v) is 9.23. The van der Waals surface area contributed by atoms with Crippen molar-refractivity contribution in [2.24, 2.45) is 11.1 Å². The maximum absolute atomic E-state index is 15.6. The van der Waals surface area contributed by atoms with Gasteiger partial charge < -0.3 is 10.4 Å². The molecule has 34 heavy (non-hydrogen) atoms. The number of rotatable bonds is 9. The van der Waals surface area contributed by atoms with Crippen LogP contribution in [0.15, 0.2) is 55.1 Å². The fraction of sp³-hybridized carbons (Fsp3) is 0.333. The van der Waals surface area contributed by atoms with Crippen LogP contribution in [-0.2, 0) is 21.0 Å². The Hall–Kier alpha value is -3.26. The highest BCUT2D eigenvalue weighted by Crippen LogP contribution is 2.39. The number of aromatic nitrogens is 4. The first-order valence-corrected chi connectivity index (χ1v) is 11.9. The van der Waals surface area contributed by atoms with Crippen LogP contribution in [0.2, 0.25) is 0 Å². The van der Waals surface area contributed by atoms with E-state index in [0.29, 0.717) is 6.54 Å². The van der Waals surface area contributed by atoms with E-state index in [1.807, 2.05) is 30.3 Å². The number of ketones is 1. The Labute approximate surface area is 195 Å². The molecule has 0 bridgehead atoms. The van der Waals surface area contributed by atoms with E-state index in [4.69, 9.17) is 5.14 Å². The average molecular weight is 491 g/mol. The minimum Gasteiger partial charge on any atom is -0.387 e. The van der Waals surface area contributed by atoms with Crippen molar-refractivity contribution in [3.8, 4) is 0 Å². The Morgan fingerprint density at radius 3 is 2.82 bits per heavy atom. The number of alkyl halides is 1. The number of benzene rings is 1. The molecular formula is C21H23FN6O5S. The van der Waals surface area contributed by atoms with Crippen LogP contribution in [0.1, 0.15) is 34.5 Å². The largest absolute Gasteiger partial charge is 0.387 e. The lowest BCUT2D eigenvalue weighted by Crippen LogP contribution is -2.44. The van der Waals surface area contributed by atoms with Gasteiger partial charge in [0.05, 0.1) is 18.7 Å². The Morgan fingerprint density at radius 1 is 1.32 bits per heavy atom. The van der Waals surface area contributed by atoms with Gasteiger partial charge in [0.2, 0.25) is 11.6 Å². The molecule has 0 aliphatic heterocycles. The fourth-order valence-electron chi connectivity index (χ4n) is 3.84. The Bertz CT molecular complexity index is 1270. The molecule has 0 spiro atoms. The molecule has 3 atom stereocenters. The van der Waals surface area contributed by atoms with Crippen LogP contribution in [0.25, 0.3) is 0 Å². The second-order valence-electron chi connectivity index (χ2n) is 8.01. The molecule has 180 valence electrons. The summed E-state index contributed by atoms with van der Waals surface area (Å²) in [6, 6.07) is 11.1. The van der Waals surface area contributed by atoms with Crippen LogP contribution in [0.4, 0.5) is 10.2 Å². The van der Waals surface area contributed by atoms with Crippen LogP contribution in [-0.4, -0.2) is 57.6 Å². The summed E-state index contributed by atoms with van der Waals surface area (Å²) >= 11 is 0. The number of nitrogens with one attached hydrogen (secondary N) is 1. The van der Waals surface area contributed by atoms with Gasteiger partial charge >= 0.3 is 10.3 Å². The molecule has 1 fully saturated rings. The van der Waals surface area contributed by atoms with E-state index in [0.717, 1.165) is 11.9 Å². The maximum atomic E-state index is 15.6. The molecule has 4 N–H and O–H groups in total. The zero-order chi connectivity index (χ0) is 24.3. The van der Waals surface area contributed by atoms with Gasteiger partial charge in [-0.05, 0) is 18.1 Å². The summed E-state index contributed by atoms with van der Waals surface area (Å²) in [6.45, 7) is -0.00591. The maximum Gasteiger partial charge on any atom is 0.333 e. The third kappa shape index (κ3) is 5.44. The molecule has 11 nitrogen and oxygen atoms in total. The number of hydrogen-bond acceptors (Lipinski definition) is 9. The van der Waals surface area contributed by atoms with Gasteiger partial charge in [0.25, 0.3) is 0 Å². The number of halogens is 1. The first kappa shape index (κ1) is 23.9. The van der Waals surface area contributed by atoms with Gasteiger partial charge in [-0.25, -0.2) is 19.5 Å². The molecule has 1 aromatic carbocycles. The van der Waals surface area contributed by atoms with E-state index >= 15 is 4.39 Å². The van der Waals surface area contributed by atoms with Crippen molar-refractivity contribution in [3.05, 3.63) is 71.9 Å². The van der Waals surface area contributed by atoms with Crippen molar-refractivity contribution in [1.82, 2.24) is 19.7 Å². The summed E-state index contributed by atoms with van der Waals surface area (Å²) in [5.74, 6) is -3.85. The lowest BCUT2D eigenvalue weighted by atomic mass is 10.0. The van der Waals surface area contributed by atoms with Crippen molar-refractivity contribution in [2.75, 3.05) is 11.9 Å². The molecule has 1 aliphatic carbocycles. The Balaban J connectivity index is 1.49. The summed E-state index contributed by atoms with van der Waals surface area (Å²) in [6.07, 6.45) is 2.36. The van der Waals surface area contributed by atoms with E-state index < -0.39 is 40.5 Å². The van der Waals surface area contributed by atoms with Gasteiger partial charge in [-0.3, -0.25) is 13.7 Å². The quantitative estimate of drug-likeness (QED) is 0.294. The predicted octanol–water partition coefficient (Wildman–Crippen LogP) is 1.02. The van der Waals surface area contributed by atoms with Gasteiger partial charge in [0.1, 0.15) is 23.9 Å². The van der Waals surface area contributed by atoms with Crippen molar-refractivity contribution in [1.29, 1.82) is 0 Å². The summed E-state index contributed by atoms with van der Waals surface area (Å²) in [4.78, 5) is 20.9. The molecule has 4 rings (SSSR count). The number of aliphatic hydroxyl groups excluding tert-OH is 1. The van der Waals surface area contributed by atoms with E-state index in [9.17, 15) is 18.3 Å². The number of hydrogen-bond donors (Lipinski definition) is 3. The molecule has 1 aliphatic rings. The highest BCUT2D eigenvalue weighted by atomic mass is 32.2. The topological polar surface area (TPSA) is 162 Å². The highest BCUT2D eigenvalue weighted by molar-refractivity contribution is 7.84. The van der Waals surface area contributed by atoms with Gasteiger partial charge in [0.15, 0.2) is 0 Å². The number of nitrogens with two attached hydrogens (primary N) is 1. The third-order valence-corrected chi connectivity index (χ3v) is 6.05. The summed E-state index contributed by atoms with van der Waals surface area (Å²) in [5, 5.41) is 22.1. The van der Waals surface area contributed by atoms with Crippen LogP contribution >= 0.6 is 0 Å². The average Bonchev–Trinajstić information content (AvgIpc) is 3.37. The SMILES string of the molecule is NS(=O)(=O)OCC1CCC(F)(Nc2ncncc2C(=O)c2ccn(Cc3ccccc3)n2)C1O.